The highest BCUT2D eigenvalue weighted by atomic mass is 79.9. The lowest BCUT2D eigenvalue weighted by atomic mass is 9.92. The molecule has 0 heterocycles. The highest BCUT2D eigenvalue weighted by Gasteiger charge is 2.19. The second-order valence-electron chi connectivity index (χ2n) is 7.80. The van der Waals surface area contributed by atoms with Crippen LogP contribution in [-0.2, 0) is 9.59 Å². The Morgan fingerprint density at radius 2 is 0.921 bits per heavy atom. The molecule has 0 saturated heterocycles. The number of hydrogen-bond acceptors (Lipinski definition) is 4. The molecule has 4 nitrogen and oxygen atoms in total. The predicted molar refractivity (Wildman–Crippen MR) is 173 cm³/mol. The van der Waals surface area contributed by atoms with Gasteiger partial charge in [0.25, 0.3) is 0 Å². The van der Waals surface area contributed by atoms with E-state index in [1.54, 1.807) is 12.1 Å². The average molecular weight is 896 g/mol. The second kappa shape index (κ2) is 14.4. The number of halogens is 6. The first-order valence-corrected chi connectivity index (χ1v) is 16.0. The SMILES string of the molecule is Brc1ccc(C(Br)Br)c(C(Br)Br)c1.O=C1C=CC(=O)C=C1.O=C1C=CC(=O)c2cc3cc(Br)ccc3cc21. The van der Waals surface area contributed by atoms with Crippen LogP contribution in [0.1, 0.15) is 39.3 Å². The van der Waals surface area contributed by atoms with Gasteiger partial charge in [-0.05, 0) is 94.8 Å². The number of carbonyl (C=O) groups excluding carboxylic acids is 4. The average Bonchev–Trinajstić information content (AvgIpc) is 2.88. The number of allylic oxidation sites excluding steroid dienone is 6. The molecule has 0 aliphatic heterocycles. The Bertz CT molecular complexity index is 1480. The highest BCUT2D eigenvalue weighted by Crippen LogP contribution is 2.40. The van der Waals surface area contributed by atoms with Crippen molar-refractivity contribution in [3.05, 3.63) is 116 Å². The van der Waals surface area contributed by atoms with Crippen molar-refractivity contribution in [3.63, 3.8) is 0 Å². The van der Waals surface area contributed by atoms with Gasteiger partial charge in [-0.15, -0.1) is 0 Å². The monoisotopic (exact) mass is 890 g/mol. The topological polar surface area (TPSA) is 68.3 Å². The molecule has 0 unspecified atom stereocenters. The molecule has 3 aromatic rings. The zero-order valence-electron chi connectivity index (χ0n) is 19.1. The van der Waals surface area contributed by atoms with Gasteiger partial charge in [-0.3, -0.25) is 19.2 Å². The lowest BCUT2D eigenvalue weighted by molar-refractivity contribution is -0.113. The van der Waals surface area contributed by atoms with E-state index >= 15 is 0 Å². The van der Waals surface area contributed by atoms with Crippen molar-refractivity contribution in [2.24, 2.45) is 0 Å². The minimum Gasteiger partial charge on any atom is -0.290 e. The molecule has 0 atom stereocenters. The van der Waals surface area contributed by atoms with Crippen molar-refractivity contribution in [2.75, 3.05) is 0 Å². The zero-order valence-corrected chi connectivity index (χ0v) is 28.7. The summed E-state index contributed by atoms with van der Waals surface area (Å²) < 4.78 is 2.39. The Kier molecular flexibility index (Phi) is 11.8. The molecule has 10 heteroatoms. The number of hydrogen-bond donors (Lipinski definition) is 0. The molecular formula is C28H16Br6O4. The van der Waals surface area contributed by atoms with Crippen molar-refractivity contribution in [1.29, 1.82) is 0 Å². The normalized spacial score (nSPS) is 13.9. The van der Waals surface area contributed by atoms with Gasteiger partial charge in [-0.2, -0.15) is 0 Å². The van der Waals surface area contributed by atoms with Crippen LogP contribution >= 0.6 is 95.6 Å². The van der Waals surface area contributed by atoms with Gasteiger partial charge in [0.2, 0.25) is 0 Å². The smallest absolute Gasteiger partial charge is 0.186 e. The number of alkyl halides is 4. The van der Waals surface area contributed by atoms with Gasteiger partial charge >= 0.3 is 0 Å². The Balaban J connectivity index is 0.000000169. The van der Waals surface area contributed by atoms with Crippen LogP contribution in [0.5, 0.6) is 0 Å². The summed E-state index contributed by atoms with van der Waals surface area (Å²) in [4.78, 5) is 44.0. The van der Waals surface area contributed by atoms with Crippen LogP contribution < -0.4 is 0 Å². The number of ketones is 4. The summed E-state index contributed by atoms with van der Waals surface area (Å²) in [6.07, 6.45) is 7.67. The first kappa shape index (κ1) is 31.2. The molecule has 0 spiro atoms. The van der Waals surface area contributed by atoms with E-state index < -0.39 is 0 Å². The van der Waals surface area contributed by atoms with Gasteiger partial charge < -0.3 is 0 Å². The Morgan fingerprint density at radius 1 is 0.474 bits per heavy atom. The minimum atomic E-state index is -0.121. The fourth-order valence-electron chi connectivity index (χ4n) is 3.38. The summed E-state index contributed by atoms with van der Waals surface area (Å²) in [6.45, 7) is 0. The molecular weight excluding hydrogens is 880 g/mol. The first-order chi connectivity index (χ1) is 18.0. The van der Waals surface area contributed by atoms with Crippen molar-refractivity contribution in [1.82, 2.24) is 0 Å². The van der Waals surface area contributed by atoms with E-state index in [0.717, 1.165) is 19.7 Å². The second-order valence-corrected chi connectivity index (χ2v) is 15.7. The molecule has 0 amide bonds. The van der Waals surface area contributed by atoms with Crippen LogP contribution in [0.2, 0.25) is 0 Å². The van der Waals surface area contributed by atoms with Crippen molar-refractivity contribution in [3.8, 4) is 0 Å². The van der Waals surface area contributed by atoms with Crippen LogP contribution in [0.25, 0.3) is 10.8 Å². The molecule has 194 valence electrons. The summed E-state index contributed by atoms with van der Waals surface area (Å²) in [5.74, 6) is -0.458. The van der Waals surface area contributed by atoms with Crippen LogP contribution in [0.3, 0.4) is 0 Å². The summed E-state index contributed by atoms with van der Waals surface area (Å²) in [5.41, 5.74) is 3.39. The third kappa shape index (κ3) is 8.60. The fourth-order valence-corrected chi connectivity index (χ4v) is 5.76. The van der Waals surface area contributed by atoms with E-state index in [-0.39, 0.29) is 30.6 Å². The summed E-state index contributed by atoms with van der Waals surface area (Å²) in [5, 5.41) is 1.91. The zero-order chi connectivity index (χ0) is 28.0. The van der Waals surface area contributed by atoms with Crippen molar-refractivity contribution < 1.29 is 19.2 Å². The number of fused-ring (bicyclic) bond motifs is 2. The third-order valence-electron chi connectivity index (χ3n) is 5.20. The van der Waals surface area contributed by atoms with Crippen molar-refractivity contribution >= 4 is 129 Å². The first-order valence-electron chi connectivity index (χ1n) is 10.8. The standard InChI is InChI=1S/C14H7BrO2.C8H5Br5.C6H4O2/c15-10-2-1-8-6-11-12(7-9(8)5-10)14(17)4-3-13(11)16;9-4-1-2-5(7(10)11)6(3-4)8(12)13;7-5-1-2-6(8)4-3-5/h1-7H;1-3,7-8H;1-4H. The highest BCUT2D eigenvalue weighted by molar-refractivity contribution is 9.24. The lowest BCUT2D eigenvalue weighted by Gasteiger charge is -2.11. The Labute approximate surface area is 269 Å². The molecule has 0 fully saturated rings. The molecule has 2 aliphatic carbocycles. The summed E-state index contributed by atoms with van der Waals surface area (Å²) >= 11 is 20.8. The molecule has 0 radical (unpaired) electrons. The Morgan fingerprint density at radius 3 is 1.42 bits per heavy atom. The maximum absolute atomic E-state index is 11.7. The molecule has 0 saturated carbocycles. The molecule has 0 bridgehead atoms. The van der Waals surface area contributed by atoms with Crippen LogP contribution in [0.15, 0.2) is 93.9 Å². The van der Waals surface area contributed by atoms with Gasteiger partial charge in [-0.1, -0.05) is 108 Å². The van der Waals surface area contributed by atoms with Crippen molar-refractivity contribution in [2.45, 2.75) is 7.47 Å². The van der Waals surface area contributed by atoms with Gasteiger partial charge in [-0.25, -0.2) is 0 Å². The molecule has 5 rings (SSSR count). The quantitative estimate of drug-likeness (QED) is 0.190. The van der Waals surface area contributed by atoms with Gasteiger partial charge in [0.1, 0.15) is 0 Å². The van der Waals surface area contributed by atoms with Crippen LogP contribution in [0.4, 0.5) is 0 Å². The van der Waals surface area contributed by atoms with E-state index in [9.17, 15) is 19.2 Å². The van der Waals surface area contributed by atoms with Gasteiger partial charge in [0, 0.05) is 20.1 Å². The van der Waals surface area contributed by atoms with Gasteiger partial charge in [0.05, 0.1) is 7.47 Å². The lowest BCUT2D eigenvalue weighted by Crippen LogP contribution is -2.11. The molecule has 0 N–H and O–H groups in total. The van der Waals surface area contributed by atoms with E-state index in [1.807, 2.05) is 24.3 Å². The molecule has 0 aromatic heterocycles. The minimum absolute atomic E-state index is 0.107. The molecule has 2 aliphatic rings. The summed E-state index contributed by atoms with van der Waals surface area (Å²) in [7, 11) is 0. The van der Waals surface area contributed by atoms with E-state index in [2.05, 4.69) is 108 Å². The molecule has 38 heavy (non-hydrogen) atoms. The van der Waals surface area contributed by atoms with Gasteiger partial charge in [0.15, 0.2) is 23.1 Å². The number of benzene rings is 3. The third-order valence-corrected chi connectivity index (χ3v) is 8.16. The van der Waals surface area contributed by atoms with E-state index in [0.29, 0.717) is 11.1 Å². The van der Waals surface area contributed by atoms with Crippen LogP contribution in [-0.4, -0.2) is 23.1 Å². The molecule has 3 aromatic carbocycles. The van der Waals surface area contributed by atoms with Crippen LogP contribution in [0, 0.1) is 0 Å². The maximum atomic E-state index is 11.7. The predicted octanol–water partition coefficient (Wildman–Crippen LogP) is 9.81. The Hall–Kier alpha value is -1.30. The number of carbonyl (C=O) groups is 4. The largest absolute Gasteiger partial charge is 0.290 e. The maximum Gasteiger partial charge on any atom is 0.186 e. The van der Waals surface area contributed by atoms with E-state index in [4.69, 9.17) is 0 Å². The summed E-state index contributed by atoms with van der Waals surface area (Å²) in [6, 6.07) is 15.5. The fraction of sp³-hybridized carbons (Fsp3) is 0.0714. The number of rotatable bonds is 2. The van der Waals surface area contributed by atoms with E-state index in [1.165, 1.54) is 47.6 Å².